The largest absolute Gasteiger partial charge is 0.350 e. The SMILES string of the molecule is Cc1nc2scc(-c3cccs3)c2c(=O)n1CC(=O)NCc1ccccc1. The van der Waals surface area contributed by atoms with Crippen molar-refractivity contribution < 1.29 is 4.79 Å². The number of hydrogen-bond acceptors (Lipinski definition) is 5. The summed E-state index contributed by atoms with van der Waals surface area (Å²) in [6, 6.07) is 13.6. The Bertz CT molecular complexity index is 1150. The summed E-state index contributed by atoms with van der Waals surface area (Å²) < 4.78 is 1.45. The van der Waals surface area contributed by atoms with Crippen LogP contribution in [0.5, 0.6) is 0 Å². The molecule has 5 nitrogen and oxygen atoms in total. The number of thiophene rings is 2. The van der Waals surface area contributed by atoms with E-state index in [-0.39, 0.29) is 18.0 Å². The van der Waals surface area contributed by atoms with E-state index in [1.807, 2.05) is 53.2 Å². The predicted molar refractivity (Wildman–Crippen MR) is 110 cm³/mol. The van der Waals surface area contributed by atoms with Gasteiger partial charge in [-0.1, -0.05) is 36.4 Å². The molecular formula is C20H17N3O2S2. The summed E-state index contributed by atoms with van der Waals surface area (Å²) in [6.45, 7) is 2.15. The lowest BCUT2D eigenvalue weighted by Gasteiger charge is -2.10. The summed E-state index contributed by atoms with van der Waals surface area (Å²) in [4.78, 5) is 31.8. The zero-order valence-corrected chi connectivity index (χ0v) is 16.3. The van der Waals surface area contributed by atoms with Crippen LogP contribution in [0.25, 0.3) is 20.7 Å². The van der Waals surface area contributed by atoms with Gasteiger partial charge in [0.25, 0.3) is 5.56 Å². The maximum atomic E-state index is 13.1. The highest BCUT2D eigenvalue weighted by Crippen LogP contribution is 2.33. The van der Waals surface area contributed by atoms with Gasteiger partial charge in [0, 0.05) is 22.4 Å². The molecule has 0 atom stereocenters. The minimum atomic E-state index is -0.210. The lowest BCUT2D eigenvalue weighted by atomic mass is 10.2. The fourth-order valence-electron chi connectivity index (χ4n) is 2.92. The Morgan fingerprint density at radius 1 is 1.15 bits per heavy atom. The van der Waals surface area contributed by atoms with E-state index in [0.717, 1.165) is 16.0 Å². The smallest absolute Gasteiger partial charge is 0.263 e. The second-order valence-electron chi connectivity index (χ2n) is 6.12. The second-order valence-corrected chi connectivity index (χ2v) is 7.93. The Labute approximate surface area is 163 Å². The number of benzene rings is 1. The molecule has 1 aromatic carbocycles. The first-order valence-electron chi connectivity index (χ1n) is 8.46. The van der Waals surface area contributed by atoms with Crippen molar-refractivity contribution in [2.75, 3.05) is 0 Å². The summed E-state index contributed by atoms with van der Waals surface area (Å²) in [5, 5.41) is 7.40. The van der Waals surface area contributed by atoms with Gasteiger partial charge in [0.05, 0.1) is 5.39 Å². The maximum absolute atomic E-state index is 13.1. The van der Waals surface area contributed by atoms with E-state index in [1.165, 1.54) is 15.9 Å². The van der Waals surface area contributed by atoms with Crippen LogP contribution in [0.2, 0.25) is 0 Å². The van der Waals surface area contributed by atoms with Gasteiger partial charge in [-0.25, -0.2) is 4.98 Å². The Balaban J connectivity index is 1.62. The van der Waals surface area contributed by atoms with Crippen LogP contribution in [-0.4, -0.2) is 15.5 Å². The molecule has 3 heterocycles. The molecule has 4 rings (SSSR count). The zero-order chi connectivity index (χ0) is 18.8. The first-order valence-corrected chi connectivity index (χ1v) is 10.2. The van der Waals surface area contributed by atoms with Crippen molar-refractivity contribution in [1.29, 1.82) is 0 Å². The number of nitrogens with one attached hydrogen (secondary N) is 1. The van der Waals surface area contributed by atoms with Crippen LogP contribution in [0.3, 0.4) is 0 Å². The molecule has 0 bridgehead atoms. The van der Waals surface area contributed by atoms with Crippen LogP contribution >= 0.6 is 22.7 Å². The first kappa shape index (κ1) is 17.6. The summed E-state index contributed by atoms with van der Waals surface area (Å²) in [5.74, 6) is 0.333. The standard InChI is InChI=1S/C20H17N3O2S2/c1-13-22-19-18(15(12-27-19)16-8-5-9-26-16)20(25)23(13)11-17(24)21-10-14-6-3-2-4-7-14/h2-9,12H,10-11H2,1H3,(H,21,24). The van der Waals surface area contributed by atoms with Crippen molar-refractivity contribution in [3.8, 4) is 10.4 Å². The first-order chi connectivity index (χ1) is 13.1. The fourth-order valence-corrected chi connectivity index (χ4v) is 4.72. The van der Waals surface area contributed by atoms with Gasteiger partial charge in [0.15, 0.2) is 0 Å². The van der Waals surface area contributed by atoms with E-state index in [2.05, 4.69) is 10.3 Å². The Hall–Kier alpha value is -2.77. The van der Waals surface area contributed by atoms with E-state index < -0.39 is 0 Å². The van der Waals surface area contributed by atoms with Crippen molar-refractivity contribution in [2.24, 2.45) is 0 Å². The molecule has 0 unspecified atom stereocenters. The molecule has 7 heteroatoms. The monoisotopic (exact) mass is 395 g/mol. The number of nitrogens with zero attached hydrogens (tertiary/aromatic N) is 2. The molecule has 0 saturated carbocycles. The van der Waals surface area contributed by atoms with E-state index in [1.54, 1.807) is 18.3 Å². The van der Waals surface area contributed by atoms with Gasteiger partial charge in [-0.3, -0.25) is 14.2 Å². The molecule has 4 aromatic rings. The highest BCUT2D eigenvalue weighted by atomic mass is 32.1. The second kappa shape index (κ2) is 7.46. The van der Waals surface area contributed by atoms with Crippen molar-refractivity contribution in [3.63, 3.8) is 0 Å². The highest BCUT2D eigenvalue weighted by Gasteiger charge is 2.17. The summed E-state index contributed by atoms with van der Waals surface area (Å²) in [5.41, 5.74) is 1.74. The van der Waals surface area contributed by atoms with Crippen LogP contribution in [0.4, 0.5) is 0 Å². The van der Waals surface area contributed by atoms with Crippen LogP contribution in [0, 0.1) is 6.92 Å². The van der Waals surface area contributed by atoms with Crippen molar-refractivity contribution >= 4 is 38.8 Å². The number of aryl methyl sites for hydroxylation is 1. The topological polar surface area (TPSA) is 64.0 Å². The highest BCUT2D eigenvalue weighted by molar-refractivity contribution is 7.18. The normalized spacial score (nSPS) is 11.0. The van der Waals surface area contributed by atoms with Gasteiger partial charge in [0.1, 0.15) is 17.2 Å². The average molecular weight is 396 g/mol. The van der Waals surface area contributed by atoms with Crippen LogP contribution in [-0.2, 0) is 17.9 Å². The number of fused-ring (bicyclic) bond motifs is 1. The number of rotatable bonds is 5. The number of hydrogen-bond donors (Lipinski definition) is 1. The molecule has 0 saturated heterocycles. The lowest BCUT2D eigenvalue weighted by Crippen LogP contribution is -2.33. The molecule has 0 radical (unpaired) electrons. The van der Waals surface area contributed by atoms with Crippen molar-refractivity contribution in [1.82, 2.24) is 14.9 Å². The van der Waals surface area contributed by atoms with Gasteiger partial charge in [0.2, 0.25) is 5.91 Å². The van der Waals surface area contributed by atoms with Crippen LogP contribution in [0.1, 0.15) is 11.4 Å². The summed E-state index contributed by atoms with van der Waals surface area (Å²) >= 11 is 3.04. The number of aromatic nitrogens is 2. The van der Waals surface area contributed by atoms with E-state index in [9.17, 15) is 9.59 Å². The lowest BCUT2D eigenvalue weighted by molar-refractivity contribution is -0.121. The van der Waals surface area contributed by atoms with Gasteiger partial charge in [-0.05, 0) is 23.9 Å². The maximum Gasteiger partial charge on any atom is 0.263 e. The Morgan fingerprint density at radius 2 is 1.96 bits per heavy atom. The minimum absolute atomic E-state index is 0.0415. The Kier molecular flexibility index (Phi) is 4.87. The summed E-state index contributed by atoms with van der Waals surface area (Å²) in [7, 11) is 0. The van der Waals surface area contributed by atoms with E-state index in [4.69, 9.17) is 0 Å². The third-order valence-corrected chi connectivity index (χ3v) is 6.08. The third kappa shape index (κ3) is 3.56. The number of carbonyl (C=O) groups excluding carboxylic acids is 1. The van der Waals surface area contributed by atoms with Crippen LogP contribution < -0.4 is 10.9 Å². The zero-order valence-electron chi connectivity index (χ0n) is 14.6. The van der Waals surface area contributed by atoms with Crippen molar-refractivity contribution in [2.45, 2.75) is 20.0 Å². The molecular weight excluding hydrogens is 378 g/mol. The van der Waals surface area contributed by atoms with Gasteiger partial charge in [-0.15, -0.1) is 22.7 Å². The molecule has 3 aromatic heterocycles. The molecule has 0 aliphatic heterocycles. The van der Waals surface area contributed by atoms with Crippen LogP contribution in [0.15, 0.2) is 58.0 Å². The fraction of sp³-hybridized carbons (Fsp3) is 0.150. The van der Waals surface area contributed by atoms with Gasteiger partial charge >= 0.3 is 0 Å². The summed E-state index contributed by atoms with van der Waals surface area (Å²) in [6.07, 6.45) is 0. The number of carbonyl (C=O) groups is 1. The van der Waals surface area contributed by atoms with E-state index >= 15 is 0 Å². The Morgan fingerprint density at radius 3 is 2.70 bits per heavy atom. The predicted octanol–water partition coefficient (Wildman–Crippen LogP) is 3.81. The molecule has 0 spiro atoms. The molecule has 0 fully saturated rings. The van der Waals surface area contributed by atoms with Gasteiger partial charge in [-0.2, -0.15) is 0 Å². The quantitative estimate of drug-likeness (QED) is 0.559. The molecule has 1 N–H and O–H groups in total. The van der Waals surface area contributed by atoms with E-state index in [0.29, 0.717) is 22.6 Å². The molecule has 27 heavy (non-hydrogen) atoms. The van der Waals surface area contributed by atoms with Gasteiger partial charge < -0.3 is 5.32 Å². The minimum Gasteiger partial charge on any atom is -0.350 e. The van der Waals surface area contributed by atoms with Crippen molar-refractivity contribution in [3.05, 3.63) is 75.0 Å². The molecule has 0 aliphatic carbocycles. The average Bonchev–Trinajstić information content (AvgIpc) is 3.33. The molecule has 0 aliphatic rings. The molecule has 1 amide bonds. The third-order valence-electron chi connectivity index (χ3n) is 4.31. The number of amides is 1. The molecule has 136 valence electrons.